The molecule has 0 aromatic heterocycles. The maximum atomic E-state index is 11.2. The van der Waals surface area contributed by atoms with E-state index in [4.69, 9.17) is 0 Å². The summed E-state index contributed by atoms with van der Waals surface area (Å²) >= 11 is 0. The molecule has 0 unspecified atom stereocenters. The summed E-state index contributed by atoms with van der Waals surface area (Å²) in [5.41, 5.74) is 4.12. The minimum atomic E-state index is -0.0349. The average molecular weight is 204 g/mol. The van der Waals surface area contributed by atoms with E-state index in [-0.39, 0.29) is 5.41 Å². The van der Waals surface area contributed by atoms with Gasteiger partial charge in [0.2, 0.25) is 0 Å². The van der Waals surface area contributed by atoms with E-state index in [9.17, 15) is 4.79 Å². The number of carbonyl (C=O) groups excluding carboxylic acids is 1. The first-order valence-corrected chi connectivity index (χ1v) is 5.77. The van der Waals surface area contributed by atoms with Crippen LogP contribution in [0.5, 0.6) is 0 Å². The quantitative estimate of drug-likeness (QED) is 0.596. The zero-order valence-electron chi connectivity index (χ0n) is 10.2. The van der Waals surface area contributed by atoms with E-state index in [0.29, 0.717) is 5.41 Å². The number of rotatable bonds is 1. The van der Waals surface area contributed by atoms with Crippen molar-refractivity contribution >= 4 is 6.29 Å². The van der Waals surface area contributed by atoms with Gasteiger partial charge in [0.15, 0.2) is 0 Å². The van der Waals surface area contributed by atoms with E-state index < -0.39 is 0 Å². The Hall–Kier alpha value is -0.850. The molecule has 1 nitrogen and oxygen atoms in total. The Kier molecular flexibility index (Phi) is 2.18. The molecular weight excluding hydrogens is 184 g/mol. The van der Waals surface area contributed by atoms with Crippen LogP contribution in [0, 0.1) is 10.8 Å². The van der Waals surface area contributed by atoms with Gasteiger partial charge in [-0.1, -0.05) is 33.8 Å². The third kappa shape index (κ3) is 1.68. The summed E-state index contributed by atoms with van der Waals surface area (Å²) in [6.45, 7) is 8.87. The first-order chi connectivity index (χ1) is 6.86. The molecular formula is C14H20O. The fraction of sp³-hybridized carbons (Fsp3) is 0.643. The maximum absolute atomic E-state index is 11.2. The van der Waals surface area contributed by atoms with Crippen LogP contribution in [0.15, 0.2) is 22.8 Å². The second-order valence-corrected chi connectivity index (χ2v) is 6.24. The monoisotopic (exact) mass is 204 g/mol. The first-order valence-electron chi connectivity index (χ1n) is 5.77. The Labute approximate surface area is 92.3 Å². The molecule has 0 amide bonds. The molecule has 0 atom stereocenters. The van der Waals surface area contributed by atoms with Crippen molar-refractivity contribution in [3.8, 4) is 0 Å². The van der Waals surface area contributed by atoms with Crippen molar-refractivity contribution in [3.63, 3.8) is 0 Å². The van der Waals surface area contributed by atoms with Crippen molar-refractivity contribution in [2.45, 2.75) is 47.0 Å². The zero-order chi connectivity index (χ0) is 11.3. The van der Waals surface area contributed by atoms with E-state index in [1.165, 1.54) is 17.6 Å². The molecule has 0 aromatic carbocycles. The van der Waals surface area contributed by atoms with Gasteiger partial charge in [0.1, 0.15) is 6.29 Å². The van der Waals surface area contributed by atoms with Crippen molar-refractivity contribution in [3.05, 3.63) is 22.8 Å². The summed E-state index contributed by atoms with van der Waals surface area (Å²) in [6, 6.07) is 0. The smallest absolute Gasteiger partial charge is 0.147 e. The van der Waals surface area contributed by atoms with E-state index >= 15 is 0 Å². The van der Waals surface area contributed by atoms with Gasteiger partial charge in [-0.25, -0.2) is 0 Å². The predicted molar refractivity (Wildman–Crippen MR) is 62.6 cm³/mol. The number of allylic oxidation sites excluding steroid dienone is 4. The van der Waals surface area contributed by atoms with Crippen molar-refractivity contribution in [2.75, 3.05) is 0 Å². The molecule has 82 valence electrons. The van der Waals surface area contributed by atoms with Gasteiger partial charge in [0, 0.05) is 11.0 Å². The molecule has 2 aliphatic rings. The molecule has 1 fully saturated rings. The van der Waals surface area contributed by atoms with E-state index in [1.54, 1.807) is 0 Å². The summed E-state index contributed by atoms with van der Waals surface area (Å²) in [4.78, 5) is 11.2. The molecule has 0 spiro atoms. The zero-order valence-corrected chi connectivity index (χ0v) is 10.2. The van der Waals surface area contributed by atoms with Crippen LogP contribution in [-0.2, 0) is 4.79 Å². The minimum Gasteiger partial charge on any atom is -0.298 e. The van der Waals surface area contributed by atoms with Gasteiger partial charge in [-0.15, -0.1) is 0 Å². The Balaban J connectivity index is 2.46. The van der Waals surface area contributed by atoms with Gasteiger partial charge >= 0.3 is 0 Å². The SMILES string of the molecule is CC1(C)CCC2=CC(C)(C)C(C=O)=C2C1. The highest BCUT2D eigenvalue weighted by atomic mass is 16.1. The van der Waals surface area contributed by atoms with Crippen LogP contribution >= 0.6 is 0 Å². The largest absolute Gasteiger partial charge is 0.298 e. The van der Waals surface area contributed by atoms with Gasteiger partial charge in [-0.3, -0.25) is 4.79 Å². The van der Waals surface area contributed by atoms with E-state index in [2.05, 4.69) is 33.8 Å². The summed E-state index contributed by atoms with van der Waals surface area (Å²) in [7, 11) is 0. The van der Waals surface area contributed by atoms with Crippen LogP contribution in [0.4, 0.5) is 0 Å². The highest BCUT2D eigenvalue weighted by Gasteiger charge is 2.37. The van der Waals surface area contributed by atoms with Crippen LogP contribution < -0.4 is 0 Å². The van der Waals surface area contributed by atoms with Gasteiger partial charge in [0.05, 0.1) is 0 Å². The standard InChI is InChI=1S/C14H20O/c1-13(2)6-5-10-7-14(3,4)12(9-15)11(10)8-13/h7,9H,5-6,8H2,1-4H3. The van der Waals surface area contributed by atoms with Gasteiger partial charge in [-0.05, 0) is 35.8 Å². The third-order valence-corrected chi connectivity index (χ3v) is 3.79. The average Bonchev–Trinajstić information content (AvgIpc) is 2.33. The lowest BCUT2D eigenvalue weighted by molar-refractivity contribution is -0.105. The lowest BCUT2D eigenvalue weighted by Gasteiger charge is -2.32. The molecule has 0 heterocycles. The Morgan fingerprint density at radius 1 is 1.27 bits per heavy atom. The lowest BCUT2D eigenvalue weighted by Crippen LogP contribution is -2.19. The van der Waals surface area contributed by atoms with E-state index in [0.717, 1.165) is 24.7 Å². The van der Waals surface area contributed by atoms with Crippen molar-refractivity contribution in [1.82, 2.24) is 0 Å². The Morgan fingerprint density at radius 3 is 2.53 bits per heavy atom. The molecule has 0 N–H and O–H groups in total. The Morgan fingerprint density at radius 2 is 1.93 bits per heavy atom. The van der Waals surface area contributed by atoms with Crippen molar-refractivity contribution in [2.24, 2.45) is 10.8 Å². The first kappa shape index (κ1) is 10.7. The molecule has 0 aliphatic heterocycles. The highest BCUT2D eigenvalue weighted by Crippen LogP contribution is 2.50. The van der Waals surface area contributed by atoms with Crippen molar-refractivity contribution < 1.29 is 4.79 Å². The number of hydrogen-bond acceptors (Lipinski definition) is 1. The van der Waals surface area contributed by atoms with Gasteiger partial charge in [-0.2, -0.15) is 0 Å². The molecule has 0 aromatic rings. The molecule has 1 heteroatoms. The summed E-state index contributed by atoms with van der Waals surface area (Å²) in [6.07, 6.45) is 6.81. The minimum absolute atomic E-state index is 0.0349. The second-order valence-electron chi connectivity index (χ2n) is 6.24. The molecule has 1 saturated carbocycles. The van der Waals surface area contributed by atoms with Crippen molar-refractivity contribution in [1.29, 1.82) is 0 Å². The molecule has 2 rings (SSSR count). The molecule has 0 radical (unpaired) electrons. The van der Waals surface area contributed by atoms with Crippen LogP contribution in [-0.4, -0.2) is 6.29 Å². The fourth-order valence-electron chi connectivity index (χ4n) is 2.86. The highest BCUT2D eigenvalue weighted by molar-refractivity contribution is 5.81. The fourth-order valence-corrected chi connectivity index (χ4v) is 2.86. The number of hydrogen-bond donors (Lipinski definition) is 0. The van der Waals surface area contributed by atoms with Crippen LogP contribution in [0.2, 0.25) is 0 Å². The van der Waals surface area contributed by atoms with Gasteiger partial charge < -0.3 is 0 Å². The number of aldehydes is 1. The molecule has 0 saturated heterocycles. The lowest BCUT2D eigenvalue weighted by atomic mass is 9.73. The van der Waals surface area contributed by atoms with Crippen LogP contribution in [0.3, 0.4) is 0 Å². The normalized spacial score (nSPS) is 27.3. The third-order valence-electron chi connectivity index (χ3n) is 3.79. The van der Waals surface area contributed by atoms with Crippen LogP contribution in [0.25, 0.3) is 0 Å². The second kappa shape index (κ2) is 3.07. The number of fused-ring (bicyclic) bond motifs is 1. The summed E-state index contributed by atoms with van der Waals surface area (Å²) in [5, 5.41) is 0. The topological polar surface area (TPSA) is 17.1 Å². The van der Waals surface area contributed by atoms with Crippen LogP contribution in [0.1, 0.15) is 47.0 Å². The molecule has 0 bridgehead atoms. The molecule has 2 aliphatic carbocycles. The predicted octanol–water partition coefficient (Wildman–Crippen LogP) is 3.66. The Bertz CT molecular complexity index is 367. The number of carbonyl (C=O) groups is 1. The van der Waals surface area contributed by atoms with E-state index in [1.807, 2.05) is 0 Å². The molecule has 15 heavy (non-hydrogen) atoms. The summed E-state index contributed by atoms with van der Waals surface area (Å²) in [5.74, 6) is 0. The summed E-state index contributed by atoms with van der Waals surface area (Å²) < 4.78 is 0. The maximum Gasteiger partial charge on any atom is 0.147 e. The van der Waals surface area contributed by atoms with Gasteiger partial charge in [0.25, 0.3) is 0 Å².